The lowest BCUT2D eigenvalue weighted by molar-refractivity contribution is 0.143. The van der Waals surface area contributed by atoms with Gasteiger partial charge in [0.1, 0.15) is 12.0 Å². The van der Waals surface area contributed by atoms with E-state index in [2.05, 4.69) is 0 Å². The summed E-state index contributed by atoms with van der Waals surface area (Å²) < 4.78 is 27.3. The molecule has 1 nitrogen and oxygen atoms in total. The molecule has 2 rings (SSSR count). The Balaban J connectivity index is 2.20. The van der Waals surface area contributed by atoms with Crippen LogP contribution in [0.2, 0.25) is 0 Å². The first kappa shape index (κ1) is 11.5. The van der Waals surface area contributed by atoms with Crippen LogP contribution < -0.4 is 5.73 Å². The molecule has 0 heterocycles. The summed E-state index contributed by atoms with van der Waals surface area (Å²) in [5.41, 5.74) is 5.65. The van der Waals surface area contributed by atoms with Gasteiger partial charge in [-0.1, -0.05) is 31.4 Å². The molecule has 1 aliphatic carbocycles. The van der Waals surface area contributed by atoms with Crippen molar-refractivity contribution in [1.82, 2.24) is 0 Å². The monoisotopic (exact) mass is 225 g/mol. The van der Waals surface area contributed by atoms with Crippen molar-refractivity contribution in [3.63, 3.8) is 0 Å². The molecule has 0 saturated heterocycles. The highest BCUT2D eigenvalue weighted by Gasteiger charge is 2.37. The second-order valence-corrected chi connectivity index (χ2v) is 4.71. The van der Waals surface area contributed by atoms with Crippen molar-refractivity contribution in [2.45, 2.75) is 43.8 Å². The normalized spacial score (nSPS) is 21.7. The van der Waals surface area contributed by atoms with Gasteiger partial charge in [-0.2, -0.15) is 0 Å². The van der Waals surface area contributed by atoms with Gasteiger partial charge in [0.2, 0.25) is 0 Å². The molecule has 16 heavy (non-hydrogen) atoms. The van der Waals surface area contributed by atoms with Gasteiger partial charge in [0, 0.05) is 0 Å². The number of alkyl halides is 1. The molecule has 1 aromatic rings. The van der Waals surface area contributed by atoms with Crippen molar-refractivity contribution >= 4 is 0 Å². The molecule has 1 aromatic carbocycles. The highest BCUT2D eigenvalue weighted by atomic mass is 19.1. The largest absolute Gasteiger partial charge is 0.322 e. The van der Waals surface area contributed by atoms with Gasteiger partial charge >= 0.3 is 0 Å². The van der Waals surface area contributed by atoms with Crippen molar-refractivity contribution in [1.29, 1.82) is 0 Å². The number of benzene rings is 1. The van der Waals surface area contributed by atoms with Crippen molar-refractivity contribution < 1.29 is 8.78 Å². The third kappa shape index (κ3) is 2.24. The third-order valence-corrected chi connectivity index (χ3v) is 3.43. The summed E-state index contributed by atoms with van der Waals surface area (Å²) in [5, 5.41) is 0. The van der Waals surface area contributed by atoms with Crippen LogP contribution in [-0.4, -0.2) is 5.54 Å². The van der Waals surface area contributed by atoms with Gasteiger partial charge in [0.15, 0.2) is 0 Å². The van der Waals surface area contributed by atoms with E-state index in [1.54, 1.807) is 6.07 Å². The fraction of sp³-hybridized carbons (Fsp3) is 0.538. The first-order valence-electron chi connectivity index (χ1n) is 5.80. The quantitative estimate of drug-likeness (QED) is 0.819. The van der Waals surface area contributed by atoms with Crippen LogP contribution in [0.3, 0.4) is 0 Å². The number of rotatable bonds is 2. The van der Waals surface area contributed by atoms with Gasteiger partial charge < -0.3 is 5.73 Å². The van der Waals surface area contributed by atoms with Gasteiger partial charge in [-0.05, 0) is 30.5 Å². The van der Waals surface area contributed by atoms with Crippen LogP contribution in [0.25, 0.3) is 0 Å². The molecule has 0 spiro atoms. The highest BCUT2D eigenvalue weighted by Crippen LogP contribution is 2.38. The van der Waals surface area contributed by atoms with Crippen LogP contribution >= 0.6 is 0 Å². The zero-order chi connectivity index (χ0) is 11.6. The molecule has 0 aliphatic heterocycles. The van der Waals surface area contributed by atoms with Crippen LogP contribution in [0.5, 0.6) is 0 Å². The molecule has 1 aliphatic rings. The van der Waals surface area contributed by atoms with Gasteiger partial charge in [-0.15, -0.1) is 0 Å². The van der Waals surface area contributed by atoms with E-state index in [4.69, 9.17) is 5.73 Å². The average molecular weight is 225 g/mol. The van der Waals surface area contributed by atoms with Crippen LogP contribution in [0.4, 0.5) is 8.78 Å². The highest BCUT2D eigenvalue weighted by molar-refractivity contribution is 5.22. The van der Waals surface area contributed by atoms with Crippen molar-refractivity contribution in [2.75, 3.05) is 0 Å². The Morgan fingerprint density at radius 3 is 2.50 bits per heavy atom. The van der Waals surface area contributed by atoms with E-state index < -0.39 is 17.5 Å². The van der Waals surface area contributed by atoms with E-state index in [0.717, 1.165) is 19.3 Å². The molecule has 0 radical (unpaired) electrons. The Bertz CT molecular complexity index is 359. The molecular formula is C13H17F2N. The predicted molar refractivity (Wildman–Crippen MR) is 60.3 cm³/mol. The van der Waals surface area contributed by atoms with E-state index in [1.807, 2.05) is 0 Å². The smallest absolute Gasteiger partial charge is 0.143 e. The fourth-order valence-corrected chi connectivity index (χ4v) is 2.46. The molecule has 0 amide bonds. The molecule has 3 heteroatoms. The summed E-state index contributed by atoms with van der Waals surface area (Å²) in [4.78, 5) is 0. The Hall–Kier alpha value is -0.960. The van der Waals surface area contributed by atoms with Crippen LogP contribution in [0, 0.1) is 5.82 Å². The summed E-state index contributed by atoms with van der Waals surface area (Å²) in [6, 6.07) is 5.70. The van der Waals surface area contributed by atoms with E-state index >= 15 is 0 Å². The lowest BCUT2D eigenvalue weighted by atomic mass is 9.77. The SMILES string of the molecule is NC1(C(F)c2cccc(F)c2)CCCCC1. The van der Waals surface area contributed by atoms with E-state index in [-0.39, 0.29) is 0 Å². The van der Waals surface area contributed by atoms with Crippen LogP contribution in [-0.2, 0) is 0 Å². The Labute approximate surface area is 94.7 Å². The zero-order valence-corrected chi connectivity index (χ0v) is 9.26. The molecule has 1 fully saturated rings. The van der Waals surface area contributed by atoms with Crippen molar-refractivity contribution in [2.24, 2.45) is 5.73 Å². The minimum Gasteiger partial charge on any atom is -0.322 e. The maximum Gasteiger partial charge on any atom is 0.143 e. The number of hydrogen-bond acceptors (Lipinski definition) is 1. The van der Waals surface area contributed by atoms with E-state index in [1.165, 1.54) is 18.2 Å². The van der Waals surface area contributed by atoms with Gasteiger partial charge in [-0.25, -0.2) is 8.78 Å². The third-order valence-electron chi connectivity index (χ3n) is 3.43. The van der Waals surface area contributed by atoms with Gasteiger partial charge in [0.25, 0.3) is 0 Å². The number of nitrogens with two attached hydrogens (primary N) is 1. The average Bonchev–Trinajstić information content (AvgIpc) is 2.29. The Morgan fingerprint density at radius 2 is 1.88 bits per heavy atom. The van der Waals surface area contributed by atoms with Crippen molar-refractivity contribution in [3.8, 4) is 0 Å². The first-order valence-corrected chi connectivity index (χ1v) is 5.80. The number of halogens is 2. The predicted octanol–water partition coefficient (Wildman–Crippen LogP) is 3.50. The summed E-state index contributed by atoms with van der Waals surface area (Å²) in [6.45, 7) is 0. The zero-order valence-electron chi connectivity index (χ0n) is 9.26. The van der Waals surface area contributed by atoms with Crippen LogP contribution in [0.1, 0.15) is 43.8 Å². The summed E-state index contributed by atoms with van der Waals surface area (Å²) >= 11 is 0. The lowest BCUT2D eigenvalue weighted by Crippen LogP contribution is -2.45. The minimum absolute atomic E-state index is 0.365. The summed E-state index contributed by atoms with van der Waals surface area (Å²) in [6.07, 6.45) is 3.16. The number of hydrogen-bond donors (Lipinski definition) is 1. The molecule has 1 saturated carbocycles. The lowest BCUT2D eigenvalue weighted by Gasteiger charge is -2.36. The second-order valence-electron chi connectivity index (χ2n) is 4.71. The molecular weight excluding hydrogens is 208 g/mol. The van der Waals surface area contributed by atoms with Crippen molar-refractivity contribution in [3.05, 3.63) is 35.6 Å². The maximum atomic E-state index is 14.3. The van der Waals surface area contributed by atoms with Gasteiger partial charge in [0.05, 0.1) is 5.54 Å². The molecule has 0 bridgehead atoms. The topological polar surface area (TPSA) is 26.0 Å². The Kier molecular flexibility index (Phi) is 3.24. The fourth-order valence-electron chi connectivity index (χ4n) is 2.46. The molecule has 88 valence electrons. The van der Waals surface area contributed by atoms with E-state index in [0.29, 0.717) is 18.4 Å². The Morgan fingerprint density at radius 1 is 1.19 bits per heavy atom. The van der Waals surface area contributed by atoms with Crippen LogP contribution in [0.15, 0.2) is 24.3 Å². The van der Waals surface area contributed by atoms with Gasteiger partial charge in [-0.3, -0.25) is 0 Å². The summed E-state index contributed by atoms with van der Waals surface area (Å²) in [7, 11) is 0. The summed E-state index contributed by atoms with van der Waals surface area (Å²) in [5.74, 6) is -0.403. The molecule has 1 unspecified atom stereocenters. The first-order chi connectivity index (χ1) is 7.62. The molecule has 0 aromatic heterocycles. The molecule has 2 N–H and O–H groups in total. The minimum atomic E-state index is -1.26. The van der Waals surface area contributed by atoms with E-state index in [9.17, 15) is 8.78 Å². The standard InChI is InChI=1S/C13H17F2N/c14-11-6-4-5-10(9-11)12(15)13(16)7-2-1-3-8-13/h4-6,9,12H,1-3,7-8,16H2. The molecule has 1 atom stereocenters. The second kappa shape index (κ2) is 4.50. The maximum absolute atomic E-state index is 14.3.